The smallest absolute Gasteiger partial charge is 0.210 e. The molecule has 112 valence electrons. The van der Waals surface area contributed by atoms with Crippen LogP contribution in [0.1, 0.15) is 0 Å². The van der Waals surface area contributed by atoms with E-state index >= 15 is 0 Å². The number of rotatable bonds is 4. The Labute approximate surface area is 123 Å². The molecule has 0 saturated heterocycles. The predicted octanol–water partition coefficient (Wildman–Crippen LogP) is 1.70. The highest BCUT2D eigenvalue weighted by Crippen LogP contribution is 2.35. The maximum absolute atomic E-state index is 12.7. The molecule has 0 heterocycles. The second kappa shape index (κ2) is 5.53. The second-order valence-corrected chi connectivity index (χ2v) is 6.17. The molecule has 0 bridgehead atoms. The zero-order valence-electron chi connectivity index (χ0n) is 11.7. The number of nitrogen functional groups attached to an aromatic ring is 2. The van der Waals surface area contributed by atoms with E-state index < -0.39 is 9.84 Å². The van der Waals surface area contributed by atoms with Gasteiger partial charge in [0.2, 0.25) is 9.84 Å². The number of hydrogen-bond donors (Lipinski definition) is 2. The summed E-state index contributed by atoms with van der Waals surface area (Å²) in [6, 6.07) is 8.88. The number of sulfone groups is 1. The molecule has 0 fully saturated rings. The molecule has 0 amide bonds. The zero-order chi connectivity index (χ0) is 15.6. The summed E-state index contributed by atoms with van der Waals surface area (Å²) in [4.78, 5) is -0.0676. The van der Waals surface area contributed by atoms with Crippen LogP contribution in [0.5, 0.6) is 11.5 Å². The average molecular weight is 308 g/mol. The lowest BCUT2D eigenvalue weighted by Gasteiger charge is -2.12. The molecule has 6 nitrogen and oxygen atoms in total. The first-order chi connectivity index (χ1) is 9.91. The molecule has 0 aromatic heterocycles. The van der Waals surface area contributed by atoms with Gasteiger partial charge in [0.25, 0.3) is 0 Å². The summed E-state index contributed by atoms with van der Waals surface area (Å²) in [7, 11) is -0.942. The molecule has 0 radical (unpaired) electrons. The number of benzene rings is 2. The second-order valence-electron chi connectivity index (χ2n) is 4.29. The van der Waals surface area contributed by atoms with Crippen molar-refractivity contribution in [2.24, 2.45) is 0 Å². The van der Waals surface area contributed by atoms with Gasteiger partial charge in [-0.1, -0.05) is 6.07 Å². The molecule has 0 saturated carbocycles. The Bertz CT molecular complexity index is 752. The standard InChI is InChI=1S/C14H16N2O4S/c1-19-12-7-6-9(8-13(12)20-2)21(17,18)14-10(15)4-3-5-11(14)16/h3-8H,15-16H2,1-2H3. The molecular weight excluding hydrogens is 292 g/mol. The lowest BCUT2D eigenvalue weighted by molar-refractivity contribution is 0.354. The molecular formula is C14H16N2O4S. The molecule has 0 aliphatic heterocycles. The van der Waals surface area contributed by atoms with Gasteiger partial charge in [-0.25, -0.2) is 8.42 Å². The normalized spacial score (nSPS) is 11.1. The zero-order valence-corrected chi connectivity index (χ0v) is 12.5. The first-order valence-corrected chi connectivity index (χ1v) is 7.51. The average Bonchev–Trinajstić information content (AvgIpc) is 2.46. The van der Waals surface area contributed by atoms with Crippen LogP contribution in [0.15, 0.2) is 46.2 Å². The molecule has 0 unspecified atom stereocenters. The summed E-state index contributed by atoms with van der Waals surface area (Å²) in [6.07, 6.45) is 0. The molecule has 2 rings (SSSR count). The Kier molecular flexibility index (Phi) is 3.95. The minimum absolute atomic E-state index is 0.0322. The fraction of sp³-hybridized carbons (Fsp3) is 0.143. The predicted molar refractivity (Wildman–Crippen MR) is 80.3 cm³/mol. The van der Waals surface area contributed by atoms with Gasteiger partial charge in [0.05, 0.1) is 30.5 Å². The van der Waals surface area contributed by atoms with E-state index in [1.807, 2.05) is 0 Å². The van der Waals surface area contributed by atoms with Gasteiger partial charge in [-0.15, -0.1) is 0 Å². The summed E-state index contributed by atoms with van der Waals surface area (Å²) >= 11 is 0. The van der Waals surface area contributed by atoms with Crippen LogP contribution in [0, 0.1) is 0 Å². The first-order valence-electron chi connectivity index (χ1n) is 6.03. The van der Waals surface area contributed by atoms with Crippen molar-refractivity contribution in [1.82, 2.24) is 0 Å². The van der Waals surface area contributed by atoms with Crippen molar-refractivity contribution in [3.8, 4) is 11.5 Å². The monoisotopic (exact) mass is 308 g/mol. The van der Waals surface area contributed by atoms with E-state index in [-0.39, 0.29) is 21.2 Å². The molecule has 2 aromatic rings. The van der Waals surface area contributed by atoms with Crippen molar-refractivity contribution in [3.63, 3.8) is 0 Å². The van der Waals surface area contributed by atoms with E-state index in [4.69, 9.17) is 20.9 Å². The summed E-state index contributed by atoms with van der Waals surface area (Å²) in [5.74, 6) is 0.747. The molecule has 7 heteroatoms. The molecule has 0 aliphatic carbocycles. The van der Waals surface area contributed by atoms with Crippen molar-refractivity contribution < 1.29 is 17.9 Å². The van der Waals surface area contributed by atoms with E-state index in [0.717, 1.165) is 0 Å². The largest absolute Gasteiger partial charge is 0.493 e. The number of anilines is 2. The minimum atomic E-state index is -3.84. The molecule has 0 atom stereocenters. The number of ether oxygens (including phenoxy) is 2. The topological polar surface area (TPSA) is 105 Å². The Morgan fingerprint density at radius 1 is 0.905 bits per heavy atom. The Morgan fingerprint density at radius 3 is 2.00 bits per heavy atom. The van der Waals surface area contributed by atoms with Gasteiger partial charge in [0.15, 0.2) is 11.5 Å². The van der Waals surface area contributed by atoms with E-state index in [1.165, 1.54) is 44.6 Å². The Balaban J connectivity index is 2.65. The third-order valence-electron chi connectivity index (χ3n) is 3.01. The molecule has 4 N–H and O–H groups in total. The SMILES string of the molecule is COc1ccc(S(=O)(=O)c2c(N)cccc2N)cc1OC. The van der Waals surface area contributed by atoms with Gasteiger partial charge in [0, 0.05) is 6.07 Å². The van der Waals surface area contributed by atoms with Gasteiger partial charge < -0.3 is 20.9 Å². The van der Waals surface area contributed by atoms with Crippen molar-refractivity contribution in [2.75, 3.05) is 25.7 Å². The fourth-order valence-corrected chi connectivity index (χ4v) is 3.49. The van der Waals surface area contributed by atoms with Crippen LogP contribution in [0.4, 0.5) is 11.4 Å². The quantitative estimate of drug-likeness (QED) is 0.833. The van der Waals surface area contributed by atoms with Crippen LogP contribution >= 0.6 is 0 Å². The number of nitrogens with two attached hydrogens (primary N) is 2. The fourth-order valence-electron chi connectivity index (χ4n) is 1.99. The van der Waals surface area contributed by atoms with Crippen LogP contribution in [0.25, 0.3) is 0 Å². The summed E-state index contributed by atoms with van der Waals surface area (Å²) < 4.78 is 35.6. The molecule has 0 aliphatic rings. The number of methoxy groups -OCH3 is 2. The van der Waals surface area contributed by atoms with Gasteiger partial charge in [-0.3, -0.25) is 0 Å². The molecule has 0 spiro atoms. The summed E-state index contributed by atoms with van der Waals surface area (Å²) in [5.41, 5.74) is 11.7. The van der Waals surface area contributed by atoms with Gasteiger partial charge >= 0.3 is 0 Å². The van der Waals surface area contributed by atoms with Gasteiger partial charge in [0.1, 0.15) is 4.90 Å². The lowest BCUT2D eigenvalue weighted by atomic mass is 10.3. The summed E-state index contributed by atoms with van der Waals surface area (Å²) in [5, 5.41) is 0. The minimum Gasteiger partial charge on any atom is -0.493 e. The van der Waals surface area contributed by atoms with Crippen LogP contribution in [-0.2, 0) is 9.84 Å². The van der Waals surface area contributed by atoms with E-state index in [1.54, 1.807) is 6.07 Å². The highest BCUT2D eigenvalue weighted by molar-refractivity contribution is 7.91. The van der Waals surface area contributed by atoms with Gasteiger partial charge in [-0.2, -0.15) is 0 Å². The van der Waals surface area contributed by atoms with E-state index in [0.29, 0.717) is 11.5 Å². The van der Waals surface area contributed by atoms with Crippen LogP contribution in [0.3, 0.4) is 0 Å². The highest BCUT2D eigenvalue weighted by atomic mass is 32.2. The third-order valence-corrected chi connectivity index (χ3v) is 4.89. The van der Waals surface area contributed by atoms with Crippen molar-refractivity contribution >= 4 is 21.2 Å². The third kappa shape index (κ3) is 2.59. The van der Waals surface area contributed by atoms with Crippen LogP contribution in [-0.4, -0.2) is 22.6 Å². The van der Waals surface area contributed by atoms with Crippen molar-refractivity contribution in [2.45, 2.75) is 9.79 Å². The molecule has 2 aromatic carbocycles. The Hall–Kier alpha value is -2.41. The maximum Gasteiger partial charge on any atom is 0.210 e. The number of hydrogen-bond acceptors (Lipinski definition) is 6. The van der Waals surface area contributed by atoms with E-state index in [9.17, 15) is 8.42 Å². The molecule has 21 heavy (non-hydrogen) atoms. The lowest BCUT2D eigenvalue weighted by Crippen LogP contribution is -2.09. The van der Waals surface area contributed by atoms with Crippen LogP contribution in [0.2, 0.25) is 0 Å². The first kappa shape index (κ1) is 15.0. The van der Waals surface area contributed by atoms with E-state index in [2.05, 4.69) is 0 Å². The van der Waals surface area contributed by atoms with Gasteiger partial charge in [-0.05, 0) is 24.3 Å². The van der Waals surface area contributed by atoms with Crippen LogP contribution < -0.4 is 20.9 Å². The Morgan fingerprint density at radius 2 is 1.48 bits per heavy atom. The highest BCUT2D eigenvalue weighted by Gasteiger charge is 2.24. The maximum atomic E-state index is 12.7. The van der Waals surface area contributed by atoms with Crippen molar-refractivity contribution in [3.05, 3.63) is 36.4 Å². The van der Waals surface area contributed by atoms with Crippen molar-refractivity contribution in [1.29, 1.82) is 0 Å². The summed E-state index contributed by atoms with van der Waals surface area (Å²) in [6.45, 7) is 0.